The molecule has 33 heavy (non-hydrogen) atoms. The number of carbonyl (C=O) groups excluding carboxylic acids is 1. The van der Waals surface area contributed by atoms with E-state index in [2.05, 4.69) is 10.3 Å². The largest absolute Gasteiger partial charge is 0.381 e. The number of Topliss-reactive ketones (excluding diaryl/α,β-unsaturated/α-hetero) is 1. The molecule has 2 saturated carbocycles. The first-order valence-corrected chi connectivity index (χ1v) is 12.2. The van der Waals surface area contributed by atoms with Crippen LogP contribution in [0.4, 0.5) is 10.1 Å². The van der Waals surface area contributed by atoms with Gasteiger partial charge in [0.05, 0.1) is 16.8 Å². The lowest BCUT2D eigenvalue weighted by Crippen LogP contribution is -2.29. The number of pyridine rings is 1. The first-order chi connectivity index (χ1) is 15.9. The maximum absolute atomic E-state index is 14.4. The highest BCUT2D eigenvalue weighted by Crippen LogP contribution is 2.39. The fourth-order valence-electron chi connectivity index (χ4n) is 4.84. The summed E-state index contributed by atoms with van der Waals surface area (Å²) in [5.41, 5.74) is 10.2. The molecule has 0 aliphatic heterocycles. The first-order valence-electron chi connectivity index (χ1n) is 11.8. The number of nitrogens with zero attached hydrogens (tertiary/aromatic N) is 1. The molecule has 1 heterocycles. The van der Waals surface area contributed by atoms with Crippen molar-refractivity contribution in [3.63, 3.8) is 0 Å². The summed E-state index contributed by atoms with van der Waals surface area (Å²) in [4.78, 5) is 17.7. The van der Waals surface area contributed by atoms with Crippen LogP contribution >= 0.6 is 11.6 Å². The quantitative estimate of drug-likeness (QED) is 0.406. The Kier molecular flexibility index (Phi) is 6.11. The third-order valence-corrected chi connectivity index (χ3v) is 7.62. The van der Waals surface area contributed by atoms with Crippen LogP contribution in [0.3, 0.4) is 0 Å². The van der Waals surface area contributed by atoms with Gasteiger partial charge in [-0.25, -0.2) is 4.39 Å². The van der Waals surface area contributed by atoms with Crippen molar-refractivity contribution < 1.29 is 9.18 Å². The lowest BCUT2D eigenvalue weighted by atomic mass is 9.85. The van der Waals surface area contributed by atoms with Crippen LogP contribution in [0.25, 0.3) is 22.0 Å². The molecule has 1 aromatic heterocycles. The summed E-state index contributed by atoms with van der Waals surface area (Å²) in [6.07, 6.45) is 7.85. The number of hydrogen-bond acceptors (Lipinski definition) is 4. The SMILES string of the molecule is Cc1c(F)cc(-c2ccc3ncc(C(=O)C4CC4)c(NC4CCC(CN)CC4)c3c2)cc1Cl. The number of ketones is 1. The van der Waals surface area contributed by atoms with E-state index >= 15 is 0 Å². The van der Waals surface area contributed by atoms with Gasteiger partial charge in [0.25, 0.3) is 0 Å². The Bertz CT molecular complexity index is 1190. The number of fused-ring (bicyclic) bond motifs is 1. The van der Waals surface area contributed by atoms with Crippen molar-refractivity contribution in [1.29, 1.82) is 0 Å². The summed E-state index contributed by atoms with van der Waals surface area (Å²) < 4.78 is 14.4. The number of benzene rings is 2. The van der Waals surface area contributed by atoms with Gasteiger partial charge < -0.3 is 11.1 Å². The Labute approximate surface area is 198 Å². The van der Waals surface area contributed by atoms with Crippen LogP contribution in [0.15, 0.2) is 36.5 Å². The number of carbonyl (C=O) groups is 1. The molecule has 0 unspecified atom stereocenters. The Balaban J connectivity index is 1.59. The Hall–Kier alpha value is -2.50. The van der Waals surface area contributed by atoms with E-state index < -0.39 is 0 Å². The zero-order valence-electron chi connectivity index (χ0n) is 18.8. The van der Waals surface area contributed by atoms with Crippen molar-refractivity contribution >= 4 is 34.0 Å². The summed E-state index contributed by atoms with van der Waals surface area (Å²) in [5.74, 6) is 0.518. The molecular formula is C27H29ClFN3O. The van der Waals surface area contributed by atoms with Gasteiger partial charge in [0.15, 0.2) is 5.78 Å². The highest BCUT2D eigenvalue weighted by Gasteiger charge is 2.33. The van der Waals surface area contributed by atoms with Crippen molar-refractivity contribution in [2.45, 2.75) is 51.5 Å². The lowest BCUT2D eigenvalue weighted by Gasteiger charge is -2.30. The van der Waals surface area contributed by atoms with Crippen molar-refractivity contribution in [3.8, 4) is 11.1 Å². The summed E-state index contributed by atoms with van der Waals surface area (Å²) in [7, 11) is 0. The third-order valence-electron chi connectivity index (χ3n) is 7.22. The molecule has 0 saturated heterocycles. The summed E-state index contributed by atoms with van der Waals surface area (Å²) >= 11 is 6.26. The fourth-order valence-corrected chi connectivity index (χ4v) is 5.05. The van der Waals surface area contributed by atoms with Crippen molar-refractivity contribution in [1.82, 2.24) is 4.98 Å². The van der Waals surface area contributed by atoms with Gasteiger partial charge in [-0.15, -0.1) is 0 Å². The molecule has 0 atom stereocenters. The maximum Gasteiger partial charge on any atom is 0.169 e. The van der Waals surface area contributed by atoms with Gasteiger partial charge in [0, 0.05) is 34.1 Å². The van der Waals surface area contributed by atoms with Crippen molar-refractivity contribution in [3.05, 3.63) is 58.5 Å². The fraction of sp³-hybridized carbons (Fsp3) is 0.407. The molecular weight excluding hydrogens is 437 g/mol. The number of halogens is 2. The van der Waals surface area contributed by atoms with Gasteiger partial charge in [-0.05, 0) is 93.3 Å². The van der Waals surface area contributed by atoms with E-state index in [9.17, 15) is 9.18 Å². The Morgan fingerprint density at radius 2 is 1.88 bits per heavy atom. The predicted molar refractivity (Wildman–Crippen MR) is 132 cm³/mol. The van der Waals surface area contributed by atoms with Crippen LogP contribution in [0.5, 0.6) is 0 Å². The molecule has 5 rings (SSSR count). The topological polar surface area (TPSA) is 68.0 Å². The van der Waals surface area contributed by atoms with Crippen molar-refractivity contribution in [2.75, 3.05) is 11.9 Å². The minimum atomic E-state index is -0.330. The molecule has 2 fully saturated rings. The third kappa shape index (κ3) is 4.49. The minimum Gasteiger partial charge on any atom is -0.381 e. The second kappa shape index (κ2) is 9.03. The number of nitrogens with two attached hydrogens (primary N) is 1. The van der Waals surface area contributed by atoms with E-state index in [1.165, 1.54) is 6.07 Å². The molecule has 0 bridgehead atoms. The normalized spacial score (nSPS) is 20.7. The van der Waals surface area contributed by atoms with Crippen LogP contribution in [-0.4, -0.2) is 23.4 Å². The summed E-state index contributed by atoms with van der Waals surface area (Å²) in [5, 5.41) is 4.99. The second-order valence-electron chi connectivity index (χ2n) is 9.58. The molecule has 2 aliphatic rings. The van der Waals surface area contributed by atoms with Crippen molar-refractivity contribution in [2.24, 2.45) is 17.6 Å². The van der Waals surface area contributed by atoms with Crippen LogP contribution in [-0.2, 0) is 0 Å². The number of hydrogen-bond donors (Lipinski definition) is 2. The average Bonchev–Trinajstić information content (AvgIpc) is 3.68. The van der Waals surface area contributed by atoms with E-state index in [0.29, 0.717) is 33.7 Å². The molecule has 3 N–H and O–H groups in total. The number of nitrogens with one attached hydrogen (secondary N) is 1. The van der Waals surface area contributed by atoms with Crippen LogP contribution < -0.4 is 11.1 Å². The molecule has 0 amide bonds. The number of anilines is 1. The average molecular weight is 466 g/mol. The predicted octanol–water partition coefficient (Wildman–Crippen LogP) is 6.52. The lowest BCUT2D eigenvalue weighted by molar-refractivity contribution is 0.0968. The monoisotopic (exact) mass is 465 g/mol. The molecule has 6 heteroatoms. The molecule has 2 aromatic carbocycles. The number of aromatic nitrogens is 1. The summed E-state index contributed by atoms with van der Waals surface area (Å²) in [6.45, 7) is 2.40. The molecule has 4 nitrogen and oxygen atoms in total. The maximum atomic E-state index is 14.4. The Morgan fingerprint density at radius 1 is 1.12 bits per heavy atom. The van der Waals surface area contributed by atoms with E-state index in [1.807, 2.05) is 18.2 Å². The molecule has 0 spiro atoms. The molecule has 0 radical (unpaired) electrons. The van der Waals surface area contributed by atoms with Crippen LogP contribution in [0, 0.1) is 24.6 Å². The zero-order chi connectivity index (χ0) is 23.1. The van der Waals surface area contributed by atoms with Crippen LogP contribution in [0.2, 0.25) is 5.02 Å². The molecule has 172 valence electrons. The van der Waals surface area contributed by atoms with E-state index in [-0.39, 0.29) is 17.5 Å². The first kappa shape index (κ1) is 22.3. The standard InChI is InChI=1S/C27H29ClFN3O/c1-15-23(28)11-19(12-24(15)29)18-6-9-25-21(10-18)26(22(14-31-25)27(33)17-4-5-17)32-20-7-2-16(13-30)3-8-20/h6,9-12,14,16-17,20H,2-5,7-8,13,30H2,1H3,(H,31,32). The summed E-state index contributed by atoms with van der Waals surface area (Å²) in [6, 6.07) is 9.44. The molecule has 3 aromatic rings. The highest BCUT2D eigenvalue weighted by atomic mass is 35.5. The van der Waals surface area contributed by atoms with Crippen LogP contribution in [0.1, 0.15) is 54.4 Å². The second-order valence-corrected chi connectivity index (χ2v) is 9.99. The minimum absolute atomic E-state index is 0.103. The van der Waals surface area contributed by atoms with Gasteiger partial charge in [0.2, 0.25) is 0 Å². The van der Waals surface area contributed by atoms with E-state index in [0.717, 1.165) is 67.2 Å². The zero-order valence-corrected chi connectivity index (χ0v) is 19.6. The van der Waals surface area contributed by atoms with Gasteiger partial charge in [-0.1, -0.05) is 17.7 Å². The van der Waals surface area contributed by atoms with E-state index in [4.69, 9.17) is 17.3 Å². The number of rotatable bonds is 6. The van der Waals surface area contributed by atoms with E-state index in [1.54, 1.807) is 19.2 Å². The Morgan fingerprint density at radius 3 is 2.55 bits per heavy atom. The highest BCUT2D eigenvalue weighted by molar-refractivity contribution is 6.31. The van der Waals surface area contributed by atoms with Gasteiger partial charge in [-0.3, -0.25) is 9.78 Å². The smallest absolute Gasteiger partial charge is 0.169 e. The van der Waals surface area contributed by atoms with Gasteiger partial charge >= 0.3 is 0 Å². The van der Waals surface area contributed by atoms with Gasteiger partial charge in [0.1, 0.15) is 5.82 Å². The van der Waals surface area contributed by atoms with Gasteiger partial charge in [-0.2, -0.15) is 0 Å². The molecule has 2 aliphatic carbocycles.